The quantitative estimate of drug-likeness (QED) is 0.508. The van der Waals surface area contributed by atoms with E-state index in [1.54, 1.807) is 0 Å². The topological polar surface area (TPSA) is 40.5 Å². The second kappa shape index (κ2) is 11.1. The molecule has 0 radical (unpaired) electrons. The smallest absolute Gasteiger partial charge is 0.306 e. The summed E-state index contributed by atoms with van der Waals surface area (Å²) in [4.78, 5) is 14.3. The van der Waals surface area contributed by atoms with Gasteiger partial charge in [0.25, 0.3) is 0 Å². The number of aliphatic carboxylic acids is 1. The van der Waals surface area contributed by atoms with Crippen LogP contribution in [0.25, 0.3) is 0 Å². The fraction of sp³-hybridized carbons (Fsp3) is 0.552. The Labute approximate surface area is 193 Å². The van der Waals surface area contributed by atoms with Gasteiger partial charge in [0, 0.05) is 6.54 Å². The highest BCUT2D eigenvalue weighted by molar-refractivity contribution is 5.70. The lowest BCUT2D eigenvalue weighted by molar-refractivity contribution is -0.142. The van der Waals surface area contributed by atoms with Crippen LogP contribution in [0.3, 0.4) is 0 Å². The predicted octanol–water partition coefficient (Wildman–Crippen LogP) is 6.25. The molecule has 1 aliphatic carbocycles. The molecule has 32 heavy (non-hydrogen) atoms. The first-order valence-electron chi connectivity index (χ1n) is 12.6. The van der Waals surface area contributed by atoms with Crippen LogP contribution in [0.1, 0.15) is 62.5 Å². The molecule has 0 spiro atoms. The van der Waals surface area contributed by atoms with E-state index in [4.69, 9.17) is 0 Å². The Hall–Kier alpha value is -2.13. The summed E-state index contributed by atoms with van der Waals surface area (Å²) in [5.74, 6) is 1.33. The number of piperidine rings is 1. The maximum Gasteiger partial charge on any atom is 0.306 e. The van der Waals surface area contributed by atoms with Gasteiger partial charge < -0.3 is 10.0 Å². The molecule has 1 aliphatic heterocycles. The summed E-state index contributed by atoms with van der Waals surface area (Å²) in [6.07, 6.45) is 8.52. The monoisotopic (exact) mass is 433 g/mol. The zero-order valence-corrected chi connectivity index (χ0v) is 19.5. The molecule has 4 atom stereocenters. The molecule has 2 fully saturated rings. The molecule has 3 nitrogen and oxygen atoms in total. The minimum absolute atomic E-state index is 0.249. The number of hydrogen-bond donors (Lipinski definition) is 1. The molecule has 1 saturated carbocycles. The fourth-order valence-electron chi connectivity index (χ4n) is 6.12. The zero-order chi connectivity index (χ0) is 22.3. The number of nitrogens with zero attached hydrogens (tertiary/aromatic N) is 1. The van der Waals surface area contributed by atoms with E-state index in [9.17, 15) is 9.90 Å². The van der Waals surface area contributed by atoms with E-state index in [0.29, 0.717) is 17.8 Å². The van der Waals surface area contributed by atoms with Gasteiger partial charge in [-0.05, 0) is 86.4 Å². The average Bonchev–Trinajstić information content (AvgIpc) is 3.24. The van der Waals surface area contributed by atoms with E-state index in [0.717, 1.165) is 25.3 Å². The minimum Gasteiger partial charge on any atom is -0.481 e. The number of carboxylic acid groups (broad SMARTS) is 1. The number of carbonyl (C=O) groups is 1. The summed E-state index contributed by atoms with van der Waals surface area (Å²) in [6.45, 7) is 5.43. The molecule has 2 aliphatic rings. The van der Waals surface area contributed by atoms with Gasteiger partial charge in [-0.2, -0.15) is 0 Å². The van der Waals surface area contributed by atoms with Gasteiger partial charge in [-0.25, -0.2) is 0 Å². The van der Waals surface area contributed by atoms with E-state index in [1.807, 2.05) is 6.92 Å². The maximum atomic E-state index is 11.6. The fourth-order valence-corrected chi connectivity index (χ4v) is 6.12. The number of rotatable bonds is 9. The minimum atomic E-state index is -0.640. The normalized spacial score (nSPS) is 25.6. The lowest BCUT2D eigenvalue weighted by Crippen LogP contribution is -2.37. The Morgan fingerprint density at radius 2 is 1.66 bits per heavy atom. The molecule has 2 aromatic carbocycles. The van der Waals surface area contributed by atoms with Crippen LogP contribution in [0.4, 0.5) is 0 Å². The van der Waals surface area contributed by atoms with Crippen molar-refractivity contribution in [3.8, 4) is 0 Å². The average molecular weight is 434 g/mol. The van der Waals surface area contributed by atoms with E-state index >= 15 is 0 Å². The lowest BCUT2D eigenvalue weighted by Gasteiger charge is -2.35. The Kier molecular flexibility index (Phi) is 8.02. The molecule has 1 N–H and O–H groups in total. The van der Waals surface area contributed by atoms with E-state index in [2.05, 4.69) is 65.6 Å². The first kappa shape index (κ1) is 23.0. The van der Waals surface area contributed by atoms with Gasteiger partial charge >= 0.3 is 5.97 Å². The van der Waals surface area contributed by atoms with Crippen molar-refractivity contribution in [3.05, 3.63) is 71.8 Å². The summed E-state index contributed by atoms with van der Waals surface area (Å²) in [5, 5.41) is 9.57. The Morgan fingerprint density at radius 3 is 2.31 bits per heavy atom. The molecule has 1 heterocycles. The van der Waals surface area contributed by atoms with Crippen molar-refractivity contribution in [2.75, 3.05) is 19.6 Å². The van der Waals surface area contributed by atoms with Crippen molar-refractivity contribution in [3.63, 3.8) is 0 Å². The maximum absolute atomic E-state index is 11.6. The van der Waals surface area contributed by atoms with Gasteiger partial charge in [0.05, 0.1) is 5.92 Å². The summed E-state index contributed by atoms with van der Waals surface area (Å²) >= 11 is 0. The summed E-state index contributed by atoms with van der Waals surface area (Å²) in [7, 11) is 0. The highest BCUT2D eigenvalue weighted by Gasteiger charge is 2.40. The first-order chi connectivity index (χ1) is 15.6. The number of carboxylic acids is 1. The van der Waals surface area contributed by atoms with Crippen molar-refractivity contribution in [2.24, 2.45) is 23.7 Å². The molecular formula is C29H39NO2. The third-order valence-electron chi connectivity index (χ3n) is 8.18. The van der Waals surface area contributed by atoms with E-state index in [1.165, 1.54) is 56.3 Å². The molecule has 2 aromatic rings. The molecule has 4 rings (SSSR count). The number of likely N-dealkylation sites (tertiary alicyclic amines) is 1. The zero-order valence-electron chi connectivity index (χ0n) is 19.5. The van der Waals surface area contributed by atoms with Crippen LogP contribution in [0.2, 0.25) is 0 Å². The van der Waals surface area contributed by atoms with Crippen LogP contribution in [0.5, 0.6) is 0 Å². The van der Waals surface area contributed by atoms with Crippen LogP contribution in [-0.2, 0) is 11.2 Å². The summed E-state index contributed by atoms with van der Waals surface area (Å²) in [6, 6.07) is 21.7. The van der Waals surface area contributed by atoms with Gasteiger partial charge in [-0.1, -0.05) is 74.0 Å². The SMILES string of the molecule is CC(C(=O)O)C1C[C@H](CN2CCC(CCCc3ccccc3)CC2)[C@@H](c2ccccc2)C1. The molecule has 2 unspecified atom stereocenters. The third kappa shape index (κ3) is 6.01. The number of aryl methyl sites for hydroxylation is 1. The number of hydrogen-bond acceptors (Lipinski definition) is 2. The van der Waals surface area contributed by atoms with Gasteiger partial charge in [0.2, 0.25) is 0 Å². The standard InChI is InChI=1S/C29H39NO2/c1-22(29(31)32)26-19-27(28(20-26)25-13-6-3-7-14-25)21-30-17-15-24(16-18-30)12-8-11-23-9-4-2-5-10-23/h2-7,9-10,13-14,22,24,26-28H,8,11-12,15-21H2,1H3,(H,31,32)/t22?,26?,27-,28-/m1/s1. The van der Waals surface area contributed by atoms with Crippen molar-refractivity contribution in [2.45, 2.75) is 57.8 Å². The lowest BCUT2D eigenvalue weighted by atomic mass is 9.86. The Morgan fingerprint density at radius 1 is 1.00 bits per heavy atom. The highest BCUT2D eigenvalue weighted by atomic mass is 16.4. The van der Waals surface area contributed by atoms with Crippen LogP contribution in [-0.4, -0.2) is 35.6 Å². The van der Waals surface area contributed by atoms with Crippen LogP contribution in [0, 0.1) is 23.7 Å². The Bertz CT molecular complexity index is 829. The molecule has 0 amide bonds. The van der Waals surface area contributed by atoms with Crippen molar-refractivity contribution < 1.29 is 9.90 Å². The molecule has 3 heteroatoms. The predicted molar refractivity (Wildman–Crippen MR) is 131 cm³/mol. The van der Waals surface area contributed by atoms with Crippen molar-refractivity contribution in [1.29, 1.82) is 0 Å². The van der Waals surface area contributed by atoms with Crippen molar-refractivity contribution in [1.82, 2.24) is 4.90 Å². The van der Waals surface area contributed by atoms with E-state index < -0.39 is 5.97 Å². The van der Waals surface area contributed by atoms with Crippen LogP contribution >= 0.6 is 0 Å². The van der Waals surface area contributed by atoms with Gasteiger partial charge in [-0.15, -0.1) is 0 Å². The molecule has 0 bridgehead atoms. The Balaban J connectivity index is 1.28. The molecule has 172 valence electrons. The molecule has 1 saturated heterocycles. The van der Waals surface area contributed by atoms with Gasteiger partial charge in [0.1, 0.15) is 0 Å². The summed E-state index contributed by atoms with van der Waals surface area (Å²) in [5.41, 5.74) is 2.86. The number of benzene rings is 2. The summed E-state index contributed by atoms with van der Waals surface area (Å²) < 4.78 is 0. The van der Waals surface area contributed by atoms with Crippen LogP contribution < -0.4 is 0 Å². The second-order valence-electron chi connectivity index (χ2n) is 10.3. The first-order valence-corrected chi connectivity index (χ1v) is 12.6. The highest BCUT2D eigenvalue weighted by Crippen LogP contribution is 2.46. The molecule has 0 aromatic heterocycles. The van der Waals surface area contributed by atoms with Crippen molar-refractivity contribution >= 4 is 5.97 Å². The second-order valence-corrected chi connectivity index (χ2v) is 10.3. The third-order valence-corrected chi connectivity index (χ3v) is 8.18. The molecular weight excluding hydrogens is 394 g/mol. The van der Waals surface area contributed by atoms with E-state index in [-0.39, 0.29) is 5.92 Å². The largest absolute Gasteiger partial charge is 0.481 e. The van der Waals surface area contributed by atoms with Crippen LogP contribution in [0.15, 0.2) is 60.7 Å². The van der Waals surface area contributed by atoms with Gasteiger partial charge in [0.15, 0.2) is 0 Å². The van der Waals surface area contributed by atoms with Gasteiger partial charge in [-0.3, -0.25) is 4.79 Å².